The van der Waals surface area contributed by atoms with Crippen LogP contribution in [0.5, 0.6) is 0 Å². The quantitative estimate of drug-likeness (QED) is 0.840. The van der Waals surface area contributed by atoms with Gasteiger partial charge in [-0.2, -0.15) is 0 Å². The van der Waals surface area contributed by atoms with E-state index in [0.29, 0.717) is 24.6 Å². The number of nitrogens with zero attached hydrogens (tertiary/aromatic N) is 1. The number of halogens is 1. The Labute approximate surface area is 148 Å². The van der Waals surface area contributed by atoms with Crippen LogP contribution in [0, 0.1) is 5.92 Å². The molecule has 0 saturated carbocycles. The summed E-state index contributed by atoms with van der Waals surface area (Å²) in [7, 11) is 0. The van der Waals surface area contributed by atoms with E-state index in [1.807, 2.05) is 36.4 Å². The average Bonchev–Trinajstić information content (AvgIpc) is 3.09. The van der Waals surface area contributed by atoms with Gasteiger partial charge in [0, 0.05) is 18.1 Å². The maximum absolute atomic E-state index is 11.9. The summed E-state index contributed by atoms with van der Waals surface area (Å²) in [5.74, 6) is 1.44. The van der Waals surface area contributed by atoms with Gasteiger partial charge in [0.05, 0.1) is 6.54 Å². The number of nitrogens with one attached hydrogen (secondary N) is 2. The van der Waals surface area contributed by atoms with Gasteiger partial charge in [-0.1, -0.05) is 35.5 Å². The Balaban J connectivity index is 0.00000208. The first-order chi connectivity index (χ1) is 11.3. The second kappa shape index (κ2) is 9.45. The van der Waals surface area contributed by atoms with Gasteiger partial charge in [-0.05, 0) is 38.3 Å². The molecule has 0 aliphatic carbocycles. The molecule has 2 N–H and O–H groups in total. The van der Waals surface area contributed by atoms with E-state index in [0.717, 1.165) is 30.8 Å². The Kier molecular flexibility index (Phi) is 7.28. The smallest absolute Gasteiger partial charge is 0.220 e. The highest BCUT2D eigenvalue weighted by atomic mass is 35.5. The maximum Gasteiger partial charge on any atom is 0.220 e. The first-order valence-corrected chi connectivity index (χ1v) is 8.29. The summed E-state index contributed by atoms with van der Waals surface area (Å²) in [5, 5.41) is 10.3. The summed E-state index contributed by atoms with van der Waals surface area (Å²) in [6, 6.07) is 11.7. The van der Waals surface area contributed by atoms with Crippen LogP contribution in [0.15, 0.2) is 40.9 Å². The lowest BCUT2D eigenvalue weighted by molar-refractivity contribution is -0.121. The molecule has 1 aliphatic heterocycles. The van der Waals surface area contributed by atoms with Crippen molar-refractivity contribution in [2.45, 2.75) is 32.2 Å². The Bertz CT molecular complexity index is 624. The summed E-state index contributed by atoms with van der Waals surface area (Å²) in [6.07, 6.45) is 3.91. The molecule has 1 aromatic carbocycles. The van der Waals surface area contributed by atoms with Crippen molar-refractivity contribution < 1.29 is 9.32 Å². The third kappa shape index (κ3) is 5.35. The van der Waals surface area contributed by atoms with Gasteiger partial charge < -0.3 is 15.2 Å². The van der Waals surface area contributed by atoms with Crippen LogP contribution in [-0.2, 0) is 11.3 Å². The zero-order valence-corrected chi connectivity index (χ0v) is 14.5. The predicted molar refractivity (Wildman–Crippen MR) is 95.9 cm³/mol. The van der Waals surface area contributed by atoms with E-state index < -0.39 is 0 Å². The third-order valence-corrected chi connectivity index (χ3v) is 4.33. The van der Waals surface area contributed by atoms with E-state index in [4.69, 9.17) is 4.52 Å². The molecule has 0 spiro atoms. The minimum absolute atomic E-state index is 0. The number of benzene rings is 1. The number of carbonyl (C=O) groups is 1. The molecule has 5 nitrogen and oxygen atoms in total. The molecule has 0 unspecified atom stereocenters. The lowest BCUT2D eigenvalue weighted by Gasteiger charge is -2.22. The largest absolute Gasteiger partial charge is 0.359 e. The van der Waals surface area contributed by atoms with E-state index in [2.05, 4.69) is 15.8 Å². The van der Waals surface area contributed by atoms with Crippen LogP contribution in [0.1, 0.15) is 31.4 Å². The van der Waals surface area contributed by atoms with E-state index >= 15 is 0 Å². The molecule has 2 heterocycles. The van der Waals surface area contributed by atoms with E-state index in [-0.39, 0.29) is 18.3 Å². The second-order valence-corrected chi connectivity index (χ2v) is 6.05. The third-order valence-electron chi connectivity index (χ3n) is 4.33. The summed E-state index contributed by atoms with van der Waals surface area (Å²) in [6.45, 7) is 2.55. The van der Waals surface area contributed by atoms with Crippen LogP contribution >= 0.6 is 12.4 Å². The van der Waals surface area contributed by atoms with Gasteiger partial charge in [0.2, 0.25) is 5.91 Å². The van der Waals surface area contributed by atoms with Crippen molar-refractivity contribution in [2.75, 3.05) is 13.1 Å². The molecule has 1 fully saturated rings. The minimum atomic E-state index is 0. The molecule has 1 aliphatic rings. The number of rotatable bonds is 6. The molecule has 6 heteroatoms. The van der Waals surface area contributed by atoms with Gasteiger partial charge in [0.15, 0.2) is 5.76 Å². The molecule has 1 amide bonds. The number of carbonyl (C=O) groups excluding carboxylic acids is 1. The lowest BCUT2D eigenvalue weighted by atomic mass is 9.93. The zero-order valence-electron chi connectivity index (χ0n) is 13.7. The lowest BCUT2D eigenvalue weighted by Crippen LogP contribution is -2.29. The highest BCUT2D eigenvalue weighted by molar-refractivity contribution is 5.85. The standard InChI is InChI=1S/C18H23N3O2.ClH/c22-18(7-6-14-8-10-19-11-9-14)20-13-16-12-17(21-23-16)15-4-2-1-3-5-15;/h1-5,12,14,19H,6-11,13H2,(H,20,22);1H. The van der Waals surface area contributed by atoms with Crippen LogP contribution in [0.2, 0.25) is 0 Å². The number of piperidine rings is 1. The summed E-state index contributed by atoms with van der Waals surface area (Å²) < 4.78 is 5.29. The van der Waals surface area contributed by atoms with Crippen molar-refractivity contribution in [2.24, 2.45) is 5.92 Å². The van der Waals surface area contributed by atoms with E-state index in [1.54, 1.807) is 0 Å². The van der Waals surface area contributed by atoms with Gasteiger partial charge in [0.1, 0.15) is 5.69 Å². The van der Waals surface area contributed by atoms with E-state index in [1.165, 1.54) is 12.8 Å². The van der Waals surface area contributed by atoms with Crippen molar-refractivity contribution in [1.29, 1.82) is 0 Å². The monoisotopic (exact) mass is 349 g/mol. The fourth-order valence-electron chi connectivity index (χ4n) is 2.92. The summed E-state index contributed by atoms with van der Waals surface area (Å²) >= 11 is 0. The van der Waals surface area contributed by atoms with Crippen LogP contribution < -0.4 is 10.6 Å². The normalized spacial score (nSPS) is 14.8. The fourth-order valence-corrected chi connectivity index (χ4v) is 2.92. The molecule has 3 rings (SSSR count). The first-order valence-electron chi connectivity index (χ1n) is 8.29. The SMILES string of the molecule is Cl.O=C(CCC1CCNCC1)NCc1cc(-c2ccccc2)no1. The van der Waals surface area contributed by atoms with Crippen LogP contribution in [-0.4, -0.2) is 24.2 Å². The topological polar surface area (TPSA) is 67.2 Å². The van der Waals surface area contributed by atoms with Gasteiger partial charge in [0.25, 0.3) is 0 Å². The van der Waals surface area contributed by atoms with Crippen LogP contribution in [0.25, 0.3) is 11.3 Å². The van der Waals surface area contributed by atoms with E-state index in [9.17, 15) is 4.79 Å². The van der Waals surface area contributed by atoms with Crippen molar-refractivity contribution in [3.8, 4) is 11.3 Å². The van der Waals surface area contributed by atoms with Gasteiger partial charge >= 0.3 is 0 Å². The molecular weight excluding hydrogens is 326 g/mol. The van der Waals surface area contributed by atoms with Crippen LogP contribution in [0.4, 0.5) is 0 Å². The Morgan fingerprint density at radius 2 is 2.00 bits per heavy atom. The van der Waals surface area contributed by atoms with Gasteiger partial charge in [-0.3, -0.25) is 4.79 Å². The van der Waals surface area contributed by atoms with Gasteiger partial charge in [-0.15, -0.1) is 12.4 Å². The highest BCUT2D eigenvalue weighted by Gasteiger charge is 2.14. The molecule has 0 bridgehead atoms. The average molecular weight is 350 g/mol. The number of hydrogen-bond donors (Lipinski definition) is 2. The summed E-state index contributed by atoms with van der Waals surface area (Å²) in [4.78, 5) is 11.9. The predicted octanol–water partition coefficient (Wildman–Crippen LogP) is 3.16. The molecule has 2 aromatic rings. The second-order valence-electron chi connectivity index (χ2n) is 6.05. The van der Waals surface area contributed by atoms with Crippen molar-refractivity contribution in [1.82, 2.24) is 15.8 Å². The molecule has 130 valence electrons. The Morgan fingerprint density at radius 3 is 2.75 bits per heavy atom. The molecule has 1 aromatic heterocycles. The number of aromatic nitrogens is 1. The Hall–Kier alpha value is -1.85. The molecule has 24 heavy (non-hydrogen) atoms. The minimum Gasteiger partial charge on any atom is -0.359 e. The summed E-state index contributed by atoms with van der Waals surface area (Å²) in [5.41, 5.74) is 1.81. The Morgan fingerprint density at radius 1 is 1.25 bits per heavy atom. The first kappa shape index (κ1) is 18.5. The fraction of sp³-hybridized carbons (Fsp3) is 0.444. The number of hydrogen-bond acceptors (Lipinski definition) is 4. The zero-order chi connectivity index (χ0) is 15.9. The molecule has 0 radical (unpaired) electrons. The highest BCUT2D eigenvalue weighted by Crippen LogP contribution is 2.19. The molecular formula is C18H24ClN3O2. The van der Waals surface area contributed by atoms with Crippen molar-refractivity contribution >= 4 is 18.3 Å². The van der Waals surface area contributed by atoms with Crippen LogP contribution in [0.3, 0.4) is 0 Å². The van der Waals surface area contributed by atoms with Crippen molar-refractivity contribution in [3.05, 3.63) is 42.2 Å². The molecule has 1 saturated heterocycles. The maximum atomic E-state index is 11.9. The molecule has 0 atom stereocenters. The van der Waals surface area contributed by atoms with Gasteiger partial charge in [-0.25, -0.2) is 0 Å². The number of amides is 1. The van der Waals surface area contributed by atoms with Crippen molar-refractivity contribution in [3.63, 3.8) is 0 Å².